The first kappa shape index (κ1) is 20.4. The minimum absolute atomic E-state index is 0.252. The normalized spacial score (nSPS) is 11.8. The van der Waals surface area contributed by atoms with Crippen LogP contribution in [0.2, 0.25) is 0 Å². The fraction of sp³-hybridized carbons (Fsp3) is 0.0909. The van der Waals surface area contributed by atoms with E-state index >= 15 is 0 Å². The van der Waals surface area contributed by atoms with Crippen LogP contribution >= 0.6 is 11.8 Å². The molecule has 10 heteroatoms. The lowest BCUT2D eigenvalue weighted by molar-refractivity contribution is 0.602. The number of benzene rings is 3. The maximum absolute atomic E-state index is 11.7. The molecule has 5 rings (SSSR count). The van der Waals surface area contributed by atoms with Crippen molar-refractivity contribution in [3.63, 3.8) is 0 Å². The SMILES string of the molecule is CS(=O)(=O)c1ccc(-n2nnnc2CSc2nc3ccccc3n2-c2ccccc2)cc1. The zero-order valence-electron chi connectivity index (χ0n) is 17.0. The average Bonchev–Trinajstić information content (AvgIpc) is 3.42. The topological polar surface area (TPSA) is 95.6 Å². The first-order valence-electron chi connectivity index (χ1n) is 9.74. The van der Waals surface area contributed by atoms with Crippen LogP contribution in [0.25, 0.3) is 22.4 Å². The van der Waals surface area contributed by atoms with E-state index in [-0.39, 0.29) is 4.90 Å². The van der Waals surface area contributed by atoms with E-state index in [4.69, 9.17) is 4.98 Å². The summed E-state index contributed by atoms with van der Waals surface area (Å²) in [4.78, 5) is 5.06. The molecule has 0 radical (unpaired) electrons. The quantitative estimate of drug-likeness (QED) is 0.355. The lowest BCUT2D eigenvalue weighted by Crippen LogP contribution is -2.04. The van der Waals surface area contributed by atoms with Gasteiger partial charge in [-0.25, -0.2) is 13.4 Å². The Labute approximate surface area is 188 Å². The molecule has 5 aromatic rings. The Morgan fingerprint density at radius 2 is 1.59 bits per heavy atom. The molecule has 0 amide bonds. The van der Waals surface area contributed by atoms with Gasteiger partial charge in [0.25, 0.3) is 0 Å². The van der Waals surface area contributed by atoms with Gasteiger partial charge in [-0.3, -0.25) is 4.57 Å². The second kappa shape index (κ2) is 8.21. The fourth-order valence-electron chi connectivity index (χ4n) is 3.39. The predicted octanol–water partition coefficient (Wildman–Crippen LogP) is 3.70. The van der Waals surface area contributed by atoms with E-state index in [0.717, 1.165) is 21.9 Å². The number of tetrazole rings is 1. The van der Waals surface area contributed by atoms with Gasteiger partial charge in [0.1, 0.15) is 0 Å². The summed E-state index contributed by atoms with van der Waals surface area (Å²) in [6.45, 7) is 0. The van der Waals surface area contributed by atoms with Gasteiger partial charge in [-0.1, -0.05) is 42.1 Å². The maximum atomic E-state index is 11.7. The molecule has 0 unspecified atom stereocenters. The van der Waals surface area contributed by atoms with Gasteiger partial charge in [-0.05, 0) is 59.0 Å². The van der Waals surface area contributed by atoms with Crippen molar-refractivity contribution < 1.29 is 8.42 Å². The summed E-state index contributed by atoms with van der Waals surface area (Å²) in [5, 5.41) is 12.9. The molecule has 0 N–H and O–H groups in total. The van der Waals surface area contributed by atoms with Crippen LogP contribution in [0, 0.1) is 0 Å². The first-order valence-corrected chi connectivity index (χ1v) is 12.6. The Morgan fingerprint density at radius 1 is 0.875 bits per heavy atom. The number of sulfone groups is 1. The number of nitrogens with zero attached hydrogens (tertiary/aromatic N) is 6. The second-order valence-corrected chi connectivity index (χ2v) is 10.1. The summed E-state index contributed by atoms with van der Waals surface area (Å²) in [6.07, 6.45) is 1.18. The monoisotopic (exact) mass is 462 g/mol. The average molecular weight is 463 g/mol. The van der Waals surface area contributed by atoms with Crippen LogP contribution in [-0.4, -0.2) is 44.4 Å². The van der Waals surface area contributed by atoms with Gasteiger partial charge in [-0.2, -0.15) is 4.68 Å². The Hall–Kier alpha value is -3.50. The van der Waals surface area contributed by atoms with Crippen molar-refractivity contribution in [3.05, 3.63) is 84.7 Å². The molecule has 0 aliphatic rings. The third-order valence-corrected chi connectivity index (χ3v) is 6.98. The van der Waals surface area contributed by atoms with Crippen molar-refractivity contribution >= 4 is 32.6 Å². The molecule has 3 aromatic carbocycles. The molecule has 0 bridgehead atoms. The van der Waals surface area contributed by atoms with Crippen LogP contribution in [0.5, 0.6) is 0 Å². The molecule has 32 heavy (non-hydrogen) atoms. The van der Waals surface area contributed by atoms with E-state index in [1.165, 1.54) is 18.0 Å². The van der Waals surface area contributed by atoms with Crippen molar-refractivity contribution in [3.8, 4) is 11.4 Å². The van der Waals surface area contributed by atoms with Gasteiger partial charge in [0.2, 0.25) is 0 Å². The van der Waals surface area contributed by atoms with Gasteiger partial charge in [0.15, 0.2) is 20.8 Å². The fourth-order valence-corrected chi connectivity index (χ4v) is 4.95. The molecular weight excluding hydrogens is 444 g/mol. The van der Waals surface area contributed by atoms with Crippen molar-refractivity contribution in [2.45, 2.75) is 15.8 Å². The number of para-hydroxylation sites is 3. The highest BCUT2D eigenvalue weighted by molar-refractivity contribution is 7.98. The van der Waals surface area contributed by atoms with Crippen LogP contribution < -0.4 is 0 Å². The van der Waals surface area contributed by atoms with Crippen LogP contribution in [0.4, 0.5) is 0 Å². The van der Waals surface area contributed by atoms with Crippen LogP contribution in [0.1, 0.15) is 5.82 Å². The van der Waals surface area contributed by atoms with Gasteiger partial charge < -0.3 is 0 Å². The summed E-state index contributed by atoms with van der Waals surface area (Å²) in [5.74, 6) is 1.12. The molecule has 0 aliphatic heterocycles. The molecular formula is C22H18N6O2S2. The van der Waals surface area contributed by atoms with Gasteiger partial charge in [0.05, 0.1) is 27.4 Å². The number of imidazole rings is 1. The van der Waals surface area contributed by atoms with Gasteiger partial charge >= 0.3 is 0 Å². The number of aromatic nitrogens is 6. The first-order chi connectivity index (χ1) is 15.5. The third kappa shape index (κ3) is 3.90. The lowest BCUT2D eigenvalue weighted by Gasteiger charge is -2.09. The molecule has 0 fully saturated rings. The zero-order chi connectivity index (χ0) is 22.1. The molecule has 0 saturated heterocycles. The van der Waals surface area contributed by atoms with Crippen molar-refractivity contribution in [1.29, 1.82) is 0 Å². The third-order valence-electron chi connectivity index (χ3n) is 4.92. The van der Waals surface area contributed by atoms with Crippen LogP contribution in [0.3, 0.4) is 0 Å². The molecule has 160 valence electrons. The van der Waals surface area contributed by atoms with E-state index in [9.17, 15) is 8.42 Å². The summed E-state index contributed by atoms with van der Waals surface area (Å²) in [6, 6.07) is 24.6. The number of rotatable bonds is 6. The van der Waals surface area contributed by atoms with E-state index in [2.05, 4.69) is 20.1 Å². The highest BCUT2D eigenvalue weighted by atomic mass is 32.2. The van der Waals surface area contributed by atoms with E-state index in [1.807, 2.05) is 54.6 Å². The Morgan fingerprint density at radius 3 is 2.34 bits per heavy atom. The minimum atomic E-state index is -3.26. The Balaban J connectivity index is 1.46. The molecule has 8 nitrogen and oxygen atoms in total. The Kier molecular flexibility index (Phi) is 5.24. The molecule has 0 saturated carbocycles. The minimum Gasteiger partial charge on any atom is -0.287 e. The highest BCUT2D eigenvalue weighted by Gasteiger charge is 2.16. The van der Waals surface area contributed by atoms with Crippen molar-refractivity contribution in [1.82, 2.24) is 29.8 Å². The van der Waals surface area contributed by atoms with E-state index in [0.29, 0.717) is 17.3 Å². The maximum Gasteiger partial charge on any atom is 0.175 e. The smallest absolute Gasteiger partial charge is 0.175 e. The summed E-state index contributed by atoms with van der Waals surface area (Å²) in [5.41, 5.74) is 3.65. The summed E-state index contributed by atoms with van der Waals surface area (Å²) < 4.78 is 27.2. The van der Waals surface area contributed by atoms with Gasteiger partial charge in [-0.15, -0.1) is 5.10 Å². The van der Waals surface area contributed by atoms with E-state index < -0.39 is 9.84 Å². The molecule has 2 aromatic heterocycles. The number of fused-ring (bicyclic) bond motifs is 1. The number of hydrogen-bond donors (Lipinski definition) is 0. The summed E-state index contributed by atoms with van der Waals surface area (Å²) in [7, 11) is -3.26. The lowest BCUT2D eigenvalue weighted by atomic mass is 10.3. The molecule has 2 heterocycles. The van der Waals surface area contributed by atoms with Crippen molar-refractivity contribution in [2.24, 2.45) is 0 Å². The van der Waals surface area contributed by atoms with E-state index in [1.54, 1.807) is 28.9 Å². The van der Waals surface area contributed by atoms with Crippen LogP contribution in [0.15, 0.2) is 88.9 Å². The predicted molar refractivity (Wildman–Crippen MR) is 123 cm³/mol. The van der Waals surface area contributed by atoms with Crippen molar-refractivity contribution in [2.75, 3.05) is 6.26 Å². The molecule has 0 aliphatic carbocycles. The highest BCUT2D eigenvalue weighted by Crippen LogP contribution is 2.30. The van der Waals surface area contributed by atoms with Gasteiger partial charge in [0, 0.05) is 11.9 Å². The largest absolute Gasteiger partial charge is 0.287 e. The Bertz CT molecular complexity index is 1490. The molecule has 0 spiro atoms. The second-order valence-electron chi connectivity index (χ2n) is 7.12. The number of thioether (sulfide) groups is 1. The zero-order valence-corrected chi connectivity index (χ0v) is 18.7. The summed E-state index contributed by atoms with van der Waals surface area (Å²) >= 11 is 1.53. The number of hydrogen-bond acceptors (Lipinski definition) is 7. The standard InChI is InChI=1S/C22H18N6O2S2/c1-32(29,30)18-13-11-17(12-14-18)28-21(24-25-26-28)15-31-22-23-19-9-5-6-10-20(19)27(22)16-7-3-2-4-8-16/h2-14H,15H2,1H3. The van der Waals surface area contributed by atoms with Crippen LogP contribution in [-0.2, 0) is 15.6 Å². The molecule has 0 atom stereocenters.